The van der Waals surface area contributed by atoms with Gasteiger partial charge in [0.25, 0.3) is 0 Å². The number of nitrogens with zero attached hydrogens (tertiary/aromatic N) is 1. The highest BCUT2D eigenvalue weighted by atomic mass is 32.1. The summed E-state index contributed by atoms with van der Waals surface area (Å²) in [5.74, 6) is 0.585. The van der Waals surface area contributed by atoms with Crippen LogP contribution in [0.4, 0.5) is 0 Å². The molecule has 0 N–H and O–H groups in total. The highest BCUT2D eigenvalue weighted by Gasteiger charge is 2.33. The van der Waals surface area contributed by atoms with E-state index in [0.717, 1.165) is 19.4 Å². The van der Waals surface area contributed by atoms with Gasteiger partial charge in [0.2, 0.25) is 5.91 Å². The van der Waals surface area contributed by atoms with Gasteiger partial charge in [-0.15, -0.1) is 11.3 Å². The molecule has 1 fully saturated rings. The minimum Gasteiger partial charge on any atom is -0.383 e. The van der Waals surface area contributed by atoms with Gasteiger partial charge in [-0.05, 0) is 24.3 Å². The minimum atomic E-state index is 0.289. The molecule has 3 nitrogen and oxygen atoms in total. The molecule has 0 spiro atoms. The molecule has 0 aliphatic heterocycles. The summed E-state index contributed by atoms with van der Waals surface area (Å²) in [4.78, 5) is 15.2. The van der Waals surface area contributed by atoms with Crippen LogP contribution < -0.4 is 0 Å². The Bertz CT molecular complexity index is 333. The molecule has 1 aromatic heterocycles. The van der Waals surface area contributed by atoms with Crippen molar-refractivity contribution in [2.75, 3.05) is 20.3 Å². The number of ether oxygens (including phenoxy) is 1. The maximum atomic E-state index is 12.0. The van der Waals surface area contributed by atoms with E-state index >= 15 is 0 Å². The summed E-state index contributed by atoms with van der Waals surface area (Å²) >= 11 is 1.70. The smallest absolute Gasteiger partial charge is 0.226 e. The fourth-order valence-electron chi connectivity index (χ4n) is 1.65. The Labute approximate surface area is 100 Å². The second-order valence-corrected chi connectivity index (χ2v) is 5.14. The van der Waals surface area contributed by atoms with Crippen molar-refractivity contribution >= 4 is 17.2 Å². The molecule has 0 bridgehead atoms. The van der Waals surface area contributed by atoms with E-state index in [1.807, 2.05) is 16.3 Å². The number of carbonyl (C=O) groups is 1. The van der Waals surface area contributed by atoms with Crippen LogP contribution in [0.1, 0.15) is 17.7 Å². The first-order valence-corrected chi connectivity index (χ1v) is 6.49. The number of rotatable bonds is 6. The zero-order valence-corrected chi connectivity index (χ0v) is 10.3. The summed E-state index contributed by atoms with van der Waals surface area (Å²) in [7, 11) is 1.67. The molecule has 1 amide bonds. The third-order valence-corrected chi connectivity index (χ3v) is 3.59. The van der Waals surface area contributed by atoms with Crippen molar-refractivity contribution in [1.82, 2.24) is 4.90 Å². The molecule has 2 rings (SSSR count). The SMILES string of the molecule is COCCN(Cc1cccs1)C(=O)C1CC1. The van der Waals surface area contributed by atoms with Crippen LogP contribution in [0.2, 0.25) is 0 Å². The molecule has 1 aliphatic carbocycles. The lowest BCUT2D eigenvalue weighted by molar-refractivity contribution is -0.133. The largest absolute Gasteiger partial charge is 0.383 e. The Hall–Kier alpha value is -0.870. The van der Waals surface area contributed by atoms with Gasteiger partial charge in [0.15, 0.2) is 0 Å². The molecule has 1 aromatic rings. The molecule has 88 valence electrons. The van der Waals surface area contributed by atoms with E-state index in [2.05, 4.69) is 6.07 Å². The molecule has 1 saturated carbocycles. The monoisotopic (exact) mass is 239 g/mol. The predicted molar refractivity (Wildman–Crippen MR) is 64.3 cm³/mol. The summed E-state index contributed by atoms with van der Waals surface area (Å²) in [6.45, 7) is 2.05. The first-order chi connectivity index (χ1) is 7.81. The van der Waals surface area contributed by atoms with Crippen LogP contribution in [0.3, 0.4) is 0 Å². The van der Waals surface area contributed by atoms with Crippen LogP contribution >= 0.6 is 11.3 Å². The fourth-order valence-corrected chi connectivity index (χ4v) is 2.37. The average Bonchev–Trinajstić information content (AvgIpc) is 3.02. The zero-order chi connectivity index (χ0) is 11.4. The van der Waals surface area contributed by atoms with Gasteiger partial charge < -0.3 is 9.64 Å². The average molecular weight is 239 g/mol. The predicted octanol–water partition coefficient (Wildman–Crippen LogP) is 2.13. The Morgan fingerprint density at radius 1 is 1.62 bits per heavy atom. The third-order valence-electron chi connectivity index (χ3n) is 2.73. The first-order valence-electron chi connectivity index (χ1n) is 5.61. The number of amides is 1. The van der Waals surface area contributed by atoms with Gasteiger partial charge in [-0.2, -0.15) is 0 Å². The van der Waals surface area contributed by atoms with Crippen molar-refractivity contribution in [1.29, 1.82) is 0 Å². The van der Waals surface area contributed by atoms with Crippen molar-refractivity contribution in [2.24, 2.45) is 5.92 Å². The lowest BCUT2D eigenvalue weighted by Crippen LogP contribution is -2.34. The molecule has 0 atom stereocenters. The van der Waals surface area contributed by atoms with Crippen molar-refractivity contribution in [3.8, 4) is 0 Å². The highest BCUT2D eigenvalue weighted by Crippen LogP contribution is 2.31. The molecule has 1 aliphatic rings. The molecule has 4 heteroatoms. The second kappa shape index (κ2) is 5.46. The topological polar surface area (TPSA) is 29.5 Å². The van der Waals surface area contributed by atoms with E-state index < -0.39 is 0 Å². The quantitative estimate of drug-likeness (QED) is 0.761. The highest BCUT2D eigenvalue weighted by molar-refractivity contribution is 7.09. The number of carbonyl (C=O) groups excluding carboxylic acids is 1. The van der Waals surface area contributed by atoms with Crippen LogP contribution in [0.15, 0.2) is 17.5 Å². The fraction of sp³-hybridized carbons (Fsp3) is 0.583. The van der Waals surface area contributed by atoms with Gasteiger partial charge in [-0.1, -0.05) is 6.07 Å². The Morgan fingerprint density at radius 2 is 2.44 bits per heavy atom. The second-order valence-electron chi connectivity index (χ2n) is 4.11. The number of hydrogen-bond acceptors (Lipinski definition) is 3. The van der Waals surface area contributed by atoms with Gasteiger partial charge in [-0.3, -0.25) is 4.79 Å². The van der Waals surface area contributed by atoms with E-state index in [-0.39, 0.29) is 5.92 Å². The Morgan fingerprint density at radius 3 is 3.00 bits per heavy atom. The van der Waals surface area contributed by atoms with E-state index in [0.29, 0.717) is 19.1 Å². The number of thiophene rings is 1. The van der Waals surface area contributed by atoms with Crippen molar-refractivity contribution in [3.63, 3.8) is 0 Å². The molecule has 0 radical (unpaired) electrons. The number of methoxy groups -OCH3 is 1. The Kier molecular flexibility index (Phi) is 3.96. The zero-order valence-electron chi connectivity index (χ0n) is 9.52. The van der Waals surface area contributed by atoms with E-state index in [1.165, 1.54) is 4.88 Å². The molecule has 0 aromatic carbocycles. The van der Waals surface area contributed by atoms with Crippen LogP contribution in [-0.4, -0.2) is 31.1 Å². The maximum Gasteiger partial charge on any atom is 0.226 e. The van der Waals surface area contributed by atoms with Crippen LogP contribution in [0, 0.1) is 5.92 Å². The molecule has 0 unspecified atom stereocenters. The summed E-state index contributed by atoms with van der Waals surface area (Å²) < 4.78 is 5.05. The Balaban J connectivity index is 1.93. The van der Waals surface area contributed by atoms with E-state index in [1.54, 1.807) is 18.4 Å². The van der Waals surface area contributed by atoms with Gasteiger partial charge in [0.1, 0.15) is 0 Å². The molecule has 1 heterocycles. The number of hydrogen-bond donors (Lipinski definition) is 0. The van der Waals surface area contributed by atoms with Crippen LogP contribution in [0.25, 0.3) is 0 Å². The van der Waals surface area contributed by atoms with Crippen molar-refractivity contribution in [3.05, 3.63) is 22.4 Å². The van der Waals surface area contributed by atoms with Gasteiger partial charge in [-0.25, -0.2) is 0 Å². The molecular weight excluding hydrogens is 222 g/mol. The standard InChI is InChI=1S/C12H17NO2S/c1-15-7-6-13(12(14)10-4-5-10)9-11-3-2-8-16-11/h2-3,8,10H,4-7,9H2,1H3. The third kappa shape index (κ3) is 3.06. The normalized spacial score (nSPS) is 15.1. The minimum absolute atomic E-state index is 0.289. The lowest BCUT2D eigenvalue weighted by Gasteiger charge is -2.21. The van der Waals surface area contributed by atoms with Crippen LogP contribution in [0.5, 0.6) is 0 Å². The summed E-state index contributed by atoms with van der Waals surface area (Å²) in [5, 5.41) is 2.05. The molecular formula is C12H17NO2S. The van der Waals surface area contributed by atoms with E-state index in [4.69, 9.17) is 4.74 Å². The first kappa shape index (κ1) is 11.6. The summed E-state index contributed by atoms with van der Waals surface area (Å²) in [6.07, 6.45) is 2.12. The van der Waals surface area contributed by atoms with Crippen molar-refractivity contribution < 1.29 is 9.53 Å². The van der Waals surface area contributed by atoms with Crippen LogP contribution in [-0.2, 0) is 16.1 Å². The molecule has 0 saturated heterocycles. The van der Waals surface area contributed by atoms with Gasteiger partial charge >= 0.3 is 0 Å². The van der Waals surface area contributed by atoms with Gasteiger partial charge in [0.05, 0.1) is 13.2 Å². The van der Waals surface area contributed by atoms with E-state index in [9.17, 15) is 4.79 Å². The maximum absolute atomic E-state index is 12.0. The summed E-state index contributed by atoms with van der Waals surface area (Å²) in [5.41, 5.74) is 0. The lowest BCUT2D eigenvalue weighted by atomic mass is 10.3. The molecule has 16 heavy (non-hydrogen) atoms. The van der Waals surface area contributed by atoms with Gasteiger partial charge in [0, 0.05) is 24.4 Å². The van der Waals surface area contributed by atoms with Crippen molar-refractivity contribution in [2.45, 2.75) is 19.4 Å². The summed E-state index contributed by atoms with van der Waals surface area (Å²) in [6, 6.07) is 4.10.